The zero-order valence-corrected chi connectivity index (χ0v) is 11.7. The SMILES string of the molecule is COC1CNC(C(=O)N(C)C2CCN(C)CC2)C1. The normalized spacial score (nSPS) is 30.6. The Hall–Kier alpha value is -0.650. The van der Waals surface area contributed by atoms with Crippen molar-refractivity contribution in [2.24, 2.45) is 0 Å². The molecule has 2 fully saturated rings. The summed E-state index contributed by atoms with van der Waals surface area (Å²) in [5, 5.41) is 3.26. The average molecular weight is 255 g/mol. The minimum atomic E-state index is -0.0559. The molecule has 2 aliphatic rings. The van der Waals surface area contributed by atoms with Crippen LogP contribution in [-0.2, 0) is 9.53 Å². The van der Waals surface area contributed by atoms with Crippen LogP contribution < -0.4 is 5.32 Å². The minimum Gasteiger partial charge on any atom is -0.380 e. The Kier molecular flexibility index (Phi) is 4.59. The Bertz CT molecular complexity index is 290. The van der Waals surface area contributed by atoms with Crippen LogP contribution in [0.5, 0.6) is 0 Å². The van der Waals surface area contributed by atoms with Crippen LogP contribution in [0.2, 0.25) is 0 Å². The Labute approximate surface area is 109 Å². The van der Waals surface area contributed by atoms with Crippen molar-refractivity contribution in [2.75, 3.05) is 40.8 Å². The van der Waals surface area contributed by atoms with Crippen molar-refractivity contribution in [3.05, 3.63) is 0 Å². The number of likely N-dealkylation sites (tertiary alicyclic amines) is 1. The van der Waals surface area contributed by atoms with Crippen LogP contribution in [-0.4, -0.2) is 74.7 Å². The topological polar surface area (TPSA) is 44.8 Å². The summed E-state index contributed by atoms with van der Waals surface area (Å²) in [7, 11) is 5.79. The molecule has 0 saturated carbocycles. The van der Waals surface area contributed by atoms with Gasteiger partial charge in [0.15, 0.2) is 0 Å². The molecule has 0 aromatic carbocycles. The van der Waals surface area contributed by atoms with E-state index in [2.05, 4.69) is 17.3 Å². The number of likely N-dealkylation sites (N-methyl/N-ethyl adjacent to an activating group) is 1. The van der Waals surface area contributed by atoms with Crippen LogP contribution in [0.15, 0.2) is 0 Å². The monoisotopic (exact) mass is 255 g/mol. The maximum Gasteiger partial charge on any atom is 0.239 e. The van der Waals surface area contributed by atoms with E-state index in [0.29, 0.717) is 6.04 Å². The molecule has 0 radical (unpaired) electrons. The molecule has 2 unspecified atom stereocenters. The van der Waals surface area contributed by atoms with E-state index in [-0.39, 0.29) is 18.1 Å². The van der Waals surface area contributed by atoms with E-state index in [9.17, 15) is 4.79 Å². The van der Waals surface area contributed by atoms with E-state index in [1.165, 1.54) is 0 Å². The predicted octanol–water partition coefficient (Wildman–Crippen LogP) is -0.0841. The van der Waals surface area contributed by atoms with Gasteiger partial charge in [0, 0.05) is 26.7 Å². The van der Waals surface area contributed by atoms with Crippen molar-refractivity contribution in [3.8, 4) is 0 Å². The third-order valence-corrected chi connectivity index (χ3v) is 4.31. The maximum atomic E-state index is 12.4. The van der Waals surface area contributed by atoms with Gasteiger partial charge in [-0.1, -0.05) is 0 Å². The number of hydrogen-bond donors (Lipinski definition) is 1. The zero-order valence-electron chi connectivity index (χ0n) is 11.7. The molecule has 5 nitrogen and oxygen atoms in total. The number of carbonyl (C=O) groups excluding carboxylic acids is 1. The molecule has 2 saturated heterocycles. The van der Waals surface area contributed by atoms with Crippen molar-refractivity contribution in [1.82, 2.24) is 15.1 Å². The summed E-state index contributed by atoms with van der Waals surface area (Å²) in [5.74, 6) is 0.226. The first-order chi connectivity index (χ1) is 8.61. The molecule has 2 heterocycles. The lowest BCUT2D eigenvalue weighted by molar-refractivity contribution is -0.134. The highest BCUT2D eigenvalue weighted by atomic mass is 16.5. The molecule has 1 amide bonds. The summed E-state index contributed by atoms with van der Waals surface area (Å²) in [4.78, 5) is 16.7. The molecule has 0 bridgehead atoms. The second kappa shape index (κ2) is 5.99. The van der Waals surface area contributed by atoms with Crippen molar-refractivity contribution >= 4 is 5.91 Å². The Morgan fingerprint density at radius 3 is 2.61 bits per heavy atom. The first-order valence-electron chi connectivity index (χ1n) is 6.83. The molecule has 0 aromatic rings. The molecule has 0 aliphatic carbocycles. The second-order valence-electron chi connectivity index (χ2n) is 5.54. The minimum absolute atomic E-state index is 0.0559. The number of piperidine rings is 1. The van der Waals surface area contributed by atoms with Crippen LogP contribution in [0.1, 0.15) is 19.3 Å². The van der Waals surface area contributed by atoms with Gasteiger partial charge in [-0.25, -0.2) is 0 Å². The lowest BCUT2D eigenvalue weighted by Crippen LogP contribution is -2.49. The van der Waals surface area contributed by atoms with Gasteiger partial charge in [-0.2, -0.15) is 0 Å². The van der Waals surface area contributed by atoms with Gasteiger partial charge in [0.2, 0.25) is 5.91 Å². The first-order valence-corrected chi connectivity index (χ1v) is 6.83. The molecule has 2 atom stereocenters. The number of hydrogen-bond acceptors (Lipinski definition) is 4. The van der Waals surface area contributed by atoms with Gasteiger partial charge in [0.1, 0.15) is 0 Å². The fraction of sp³-hybridized carbons (Fsp3) is 0.923. The number of amides is 1. The van der Waals surface area contributed by atoms with Crippen molar-refractivity contribution in [1.29, 1.82) is 0 Å². The van der Waals surface area contributed by atoms with E-state index in [4.69, 9.17) is 4.74 Å². The molecule has 1 N–H and O–H groups in total. The standard InChI is InChI=1S/C13H25N3O2/c1-15-6-4-10(5-7-15)16(2)13(17)12-8-11(18-3)9-14-12/h10-12,14H,4-9H2,1-3H3. The lowest BCUT2D eigenvalue weighted by atomic mass is 10.0. The van der Waals surface area contributed by atoms with Crippen LogP contribution >= 0.6 is 0 Å². The smallest absolute Gasteiger partial charge is 0.239 e. The molecule has 5 heteroatoms. The lowest BCUT2D eigenvalue weighted by Gasteiger charge is -2.36. The molecule has 104 valence electrons. The van der Waals surface area contributed by atoms with E-state index in [0.717, 1.165) is 38.9 Å². The quantitative estimate of drug-likeness (QED) is 0.766. The highest BCUT2D eigenvalue weighted by Crippen LogP contribution is 2.18. The predicted molar refractivity (Wildman–Crippen MR) is 70.5 cm³/mol. The van der Waals surface area contributed by atoms with E-state index < -0.39 is 0 Å². The summed E-state index contributed by atoms with van der Waals surface area (Å²) in [5.41, 5.74) is 0. The molecular formula is C13H25N3O2. The fourth-order valence-electron chi connectivity index (χ4n) is 2.88. The van der Waals surface area contributed by atoms with Gasteiger partial charge in [0.05, 0.1) is 12.1 Å². The van der Waals surface area contributed by atoms with Crippen molar-refractivity contribution in [3.63, 3.8) is 0 Å². The largest absolute Gasteiger partial charge is 0.380 e. The number of methoxy groups -OCH3 is 1. The molecular weight excluding hydrogens is 230 g/mol. The number of ether oxygens (including phenoxy) is 1. The highest BCUT2D eigenvalue weighted by Gasteiger charge is 2.34. The van der Waals surface area contributed by atoms with E-state index >= 15 is 0 Å². The summed E-state index contributed by atoms with van der Waals surface area (Å²) >= 11 is 0. The fourth-order valence-corrected chi connectivity index (χ4v) is 2.88. The Morgan fingerprint density at radius 2 is 2.06 bits per heavy atom. The highest BCUT2D eigenvalue weighted by molar-refractivity contribution is 5.82. The summed E-state index contributed by atoms with van der Waals surface area (Å²) in [6, 6.07) is 0.344. The second-order valence-corrected chi connectivity index (χ2v) is 5.54. The first kappa shape index (κ1) is 13.8. The van der Waals surface area contributed by atoms with Crippen molar-refractivity contribution in [2.45, 2.75) is 37.5 Å². The number of rotatable bonds is 3. The van der Waals surface area contributed by atoms with Gasteiger partial charge >= 0.3 is 0 Å². The van der Waals surface area contributed by atoms with Crippen LogP contribution in [0.25, 0.3) is 0 Å². The Balaban J connectivity index is 1.85. The number of nitrogens with one attached hydrogen (secondary N) is 1. The van der Waals surface area contributed by atoms with E-state index in [1.54, 1.807) is 7.11 Å². The summed E-state index contributed by atoms with van der Waals surface area (Å²) in [6.07, 6.45) is 3.15. The average Bonchev–Trinajstić information content (AvgIpc) is 2.86. The van der Waals surface area contributed by atoms with Crippen molar-refractivity contribution < 1.29 is 9.53 Å². The molecule has 0 aromatic heterocycles. The molecule has 18 heavy (non-hydrogen) atoms. The zero-order chi connectivity index (χ0) is 13.1. The van der Waals surface area contributed by atoms with E-state index in [1.807, 2.05) is 11.9 Å². The van der Waals surface area contributed by atoms with Gasteiger partial charge < -0.3 is 19.9 Å². The number of nitrogens with zero attached hydrogens (tertiary/aromatic N) is 2. The van der Waals surface area contributed by atoms with Gasteiger partial charge in [-0.15, -0.1) is 0 Å². The molecule has 0 spiro atoms. The Morgan fingerprint density at radius 1 is 1.39 bits per heavy atom. The maximum absolute atomic E-state index is 12.4. The van der Waals surface area contributed by atoms with Crippen LogP contribution in [0.4, 0.5) is 0 Å². The molecule has 2 aliphatic heterocycles. The third-order valence-electron chi connectivity index (χ3n) is 4.31. The van der Waals surface area contributed by atoms with Crippen LogP contribution in [0.3, 0.4) is 0 Å². The third kappa shape index (κ3) is 3.02. The van der Waals surface area contributed by atoms with Crippen LogP contribution in [0, 0.1) is 0 Å². The molecule has 2 rings (SSSR count). The van der Waals surface area contributed by atoms with Gasteiger partial charge in [-0.3, -0.25) is 4.79 Å². The summed E-state index contributed by atoms with van der Waals surface area (Å²) in [6.45, 7) is 2.95. The summed E-state index contributed by atoms with van der Waals surface area (Å²) < 4.78 is 5.29. The van der Waals surface area contributed by atoms with Gasteiger partial charge in [0.25, 0.3) is 0 Å². The van der Waals surface area contributed by atoms with Gasteiger partial charge in [-0.05, 0) is 39.4 Å². The number of carbonyl (C=O) groups is 1.